The number of fused-ring (bicyclic) bond motifs is 2. The minimum Gasteiger partial charge on any atom is -0.406 e. The van der Waals surface area contributed by atoms with Crippen LogP contribution in [0.5, 0.6) is 5.75 Å². The van der Waals surface area contributed by atoms with E-state index in [1.807, 2.05) is 6.26 Å². The highest BCUT2D eigenvalue weighted by molar-refractivity contribution is 7.98. The third kappa shape index (κ3) is 9.11. The Morgan fingerprint density at radius 1 is 0.933 bits per heavy atom. The Bertz CT molecular complexity index is 1950. The number of thioether (sulfide) groups is 1. The maximum Gasteiger partial charge on any atom is 0.573 e. The standard InChI is InChI=1S/C14H11F3N4O3S.C11H16N4O3S2/c15-14(16,17)24-10-4-1-3-9(7-10)8-19-25(22,23)13-11-5-2-6-18-12(11)20-21-13;1-19-6-4-8(7-16)15-20(17,18)11-9-3-2-5-12-10(9)13-14-11/h1-7,19H,8H2,(H,18,20,21);2-3,5,8,15-16H,4,6-7H2,1H3,(H,12,13,14)/t;8-/m.1/s1. The van der Waals surface area contributed by atoms with Gasteiger partial charge in [-0.05, 0) is 60.4 Å². The van der Waals surface area contributed by atoms with Crippen LogP contribution in [-0.2, 0) is 26.6 Å². The number of rotatable bonds is 12. The summed E-state index contributed by atoms with van der Waals surface area (Å²) < 4.78 is 94.6. The second-order valence-corrected chi connectivity index (χ2v) is 13.5. The largest absolute Gasteiger partial charge is 0.573 e. The van der Waals surface area contributed by atoms with Gasteiger partial charge in [0.05, 0.1) is 17.4 Å². The summed E-state index contributed by atoms with van der Waals surface area (Å²) in [6.07, 6.45) is 0.680. The summed E-state index contributed by atoms with van der Waals surface area (Å²) in [7, 11) is -7.72. The summed E-state index contributed by atoms with van der Waals surface area (Å²) in [5.41, 5.74) is 0.883. The van der Waals surface area contributed by atoms with Gasteiger partial charge >= 0.3 is 6.36 Å². The lowest BCUT2D eigenvalue weighted by molar-refractivity contribution is -0.274. The fraction of sp³-hybridized carbons (Fsp3) is 0.280. The molecule has 0 bridgehead atoms. The molecule has 5 aromatic rings. The van der Waals surface area contributed by atoms with Crippen LogP contribution < -0.4 is 14.2 Å². The van der Waals surface area contributed by atoms with E-state index in [1.165, 1.54) is 24.4 Å². The number of aromatic amines is 2. The molecule has 0 saturated carbocycles. The van der Waals surface area contributed by atoms with Gasteiger partial charge in [0.25, 0.3) is 20.0 Å². The van der Waals surface area contributed by atoms with E-state index >= 15 is 0 Å². The molecule has 0 saturated heterocycles. The van der Waals surface area contributed by atoms with Crippen LogP contribution in [0, 0.1) is 0 Å². The number of nitrogens with one attached hydrogen (secondary N) is 4. The van der Waals surface area contributed by atoms with Gasteiger partial charge in [-0.1, -0.05) is 12.1 Å². The molecule has 45 heavy (non-hydrogen) atoms. The molecule has 0 unspecified atom stereocenters. The lowest BCUT2D eigenvalue weighted by atomic mass is 10.2. The van der Waals surface area contributed by atoms with E-state index < -0.39 is 38.2 Å². The van der Waals surface area contributed by atoms with Gasteiger partial charge in [-0.25, -0.2) is 36.2 Å². The molecule has 1 atom stereocenters. The van der Waals surface area contributed by atoms with Crippen molar-refractivity contribution < 1.29 is 39.9 Å². The third-order valence-corrected chi connectivity index (χ3v) is 9.45. The number of hydrogen-bond acceptors (Lipinski definition) is 11. The Kier molecular flexibility index (Phi) is 11.0. The van der Waals surface area contributed by atoms with Gasteiger partial charge in [0, 0.05) is 25.0 Å². The normalized spacial score (nSPS) is 13.0. The lowest BCUT2D eigenvalue weighted by Gasteiger charge is -2.15. The van der Waals surface area contributed by atoms with E-state index in [0.29, 0.717) is 28.4 Å². The first-order valence-corrected chi connectivity index (χ1v) is 17.2. The molecule has 5 N–H and O–H groups in total. The molecule has 0 aliphatic heterocycles. The summed E-state index contributed by atoms with van der Waals surface area (Å²) in [6.45, 7) is -0.470. The number of hydrogen-bond donors (Lipinski definition) is 5. The molecule has 20 heteroatoms. The zero-order valence-corrected chi connectivity index (χ0v) is 25.8. The quantitative estimate of drug-likeness (QED) is 0.129. The number of ether oxygens (including phenoxy) is 1. The van der Waals surface area contributed by atoms with E-state index in [2.05, 4.69) is 44.5 Å². The van der Waals surface area contributed by atoms with Crippen LogP contribution in [0.15, 0.2) is 71.0 Å². The summed E-state index contributed by atoms with van der Waals surface area (Å²) >= 11 is 1.60. The smallest absolute Gasteiger partial charge is 0.406 e. The zero-order chi connectivity index (χ0) is 32.7. The molecular formula is C25H27F3N8O6S3. The van der Waals surface area contributed by atoms with Crippen molar-refractivity contribution in [3.05, 3.63) is 66.5 Å². The van der Waals surface area contributed by atoms with Crippen molar-refractivity contribution in [3.8, 4) is 5.75 Å². The minimum absolute atomic E-state index is 0.0248. The van der Waals surface area contributed by atoms with Crippen LogP contribution in [-0.4, -0.2) is 83.3 Å². The number of nitrogens with zero attached hydrogens (tertiary/aromatic N) is 4. The van der Waals surface area contributed by atoms with Crippen molar-refractivity contribution in [2.24, 2.45) is 0 Å². The highest BCUT2D eigenvalue weighted by Gasteiger charge is 2.31. The van der Waals surface area contributed by atoms with E-state index in [9.17, 15) is 35.1 Å². The molecule has 0 amide bonds. The van der Waals surface area contributed by atoms with Crippen molar-refractivity contribution in [3.63, 3.8) is 0 Å². The molecule has 0 fully saturated rings. The second kappa shape index (κ2) is 14.5. The maximum absolute atomic E-state index is 12.4. The molecule has 1 aromatic carbocycles. The Balaban J connectivity index is 0.000000210. The van der Waals surface area contributed by atoms with Crippen molar-refractivity contribution in [2.45, 2.75) is 35.4 Å². The predicted molar refractivity (Wildman–Crippen MR) is 159 cm³/mol. The fourth-order valence-electron chi connectivity index (χ4n) is 3.89. The van der Waals surface area contributed by atoms with Gasteiger partial charge in [-0.15, -0.1) is 13.2 Å². The van der Waals surface area contributed by atoms with Gasteiger partial charge in [0.1, 0.15) is 5.75 Å². The number of aliphatic hydroxyl groups excluding tert-OH is 1. The fourth-order valence-corrected chi connectivity index (χ4v) is 6.89. The van der Waals surface area contributed by atoms with Crippen LogP contribution in [0.1, 0.15) is 12.0 Å². The molecule has 5 rings (SSSR count). The van der Waals surface area contributed by atoms with Crippen LogP contribution in [0.3, 0.4) is 0 Å². The Labute approximate surface area is 259 Å². The molecule has 4 aromatic heterocycles. The number of H-pyrrole nitrogens is 2. The topological polar surface area (TPSA) is 205 Å². The second-order valence-electron chi connectivity index (χ2n) is 9.16. The van der Waals surface area contributed by atoms with E-state index in [-0.39, 0.29) is 28.9 Å². The highest BCUT2D eigenvalue weighted by Crippen LogP contribution is 2.24. The summed E-state index contributed by atoms with van der Waals surface area (Å²) in [5, 5.41) is 22.3. The molecule has 0 radical (unpaired) electrons. The van der Waals surface area contributed by atoms with E-state index in [4.69, 9.17) is 0 Å². The SMILES string of the molecule is CSCC[C@H](CO)NS(=O)(=O)c1[nH]nc2ncccc12.O=S(=O)(NCc1cccc(OC(F)(F)F)c1)c1[nH]nc2ncccc12. The van der Waals surface area contributed by atoms with Crippen molar-refractivity contribution in [2.75, 3.05) is 18.6 Å². The summed E-state index contributed by atoms with van der Waals surface area (Å²) in [6, 6.07) is 10.9. The van der Waals surface area contributed by atoms with Crippen molar-refractivity contribution in [1.82, 2.24) is 39.8 Å². The summed E-state index contributed by atoms with van der Waals surface area (Å²) in [5.74, 6) is 0.333. The Morgan fingerprint density at radius 3 is 2.09 bits per heavy atom. The van der Waals surface area contributed by atoms with E-state index in [1.54, 1.807) is 36.2 Å². The molecule has 242 valence electrons. The van der Waals surface area contributed by atoms with E-state index in [0.717, 1.165) is 17.9 Å². The number of aliphatic hydroxyl groups is 1. The Morgan fingerprint density at radius 2 is 1.53 bits per heavy atom. The monoisotopic (exact) mass is 688 g/mol. The first kappa shape index (κ1) is 34.1. The predicted octanol–water partition coefficient (Wildman–Crippen LogP) is 2.69. The molecule has 0 aliphatic carbocycles. The van der Waals surface area contributed by atoms with Gasteiger partial charge in [-0.3, -0.25) is 10.2 Å². The molecule has 0 aliphatic rings. The van der Waals surface area contributed by atoms with Gasteiger partial charge < -0.3 is 9.84 Å². The van der Waals surface area contributed by atoms with Crippen LogP contribution in [0.25, 0.3) is 22.1 Å². The number of pyridine rings is 2. The van der Waals surface area contributed by atoms with Crippen molar-refractivity contribution >= 4 is 53.9 Å². The maximum atomic E-state index is 12.4. The number of sulfonamides is 2. The highest BCUT2D eigenvalue weighted by atomic mass is 32.2. The Hall–Kier alpha value is -3.82. The number of alkyl halides is 3. The number of benzene rings is 1. The first-order chi connectivity index (χ1) is 21.3. The molecule has 4 heterocycles. The molecular weight excluding hydrogens is 662 g/mol. The summed E-state index contributed by atoms with van der Waals surface area (Å²) in [4.78, 5) is 7.90. The minimum atomic E-state index is -4.82. The van der Waals surface area contributed by atoms with Gasteiger partial charge in [0.2, 0.25) is 0 Å². The lowest BCUT2D eigenvalue weighted by Crippen LogP contribution is -2.38. The van der Waals surface area contributed by atoms with Crippen molar-refractivity contribution in [1.29, 1.82) is 0 Å². The van der Waals surface area contributed by atoms with Crippen LogP contribution in [0.2, 0.25) is 0 Å². The average Bonchev–Trinajstić information content (AvgIpc) is 3.64. The van der Waals surface area contributed by atoms with Crippen LogP contribution in [0.4, 0.5) is 13.2 Å². The molecule has 0 spiro atoms. The molecule has 14 nitrogen and oxygen atoms in total. The van der Waals surface area contributed by atoms with Gasteiger partial charge in [0.15, 0.2) is 21.3 Å². The number of halogens is 3. The third-order valence-electron chi connectivity index (χ3n) is 5.94. The van der Waals surface area contributed by atoms with Crippen LogP contribution >= 0.6 is 11.8 Å². The first-order valence-electron chi connectivity index (χ1n) is 12.9. The number of aromatic nitrogens is 6. The van der Waals surface area contributed by atoms with Gasteiger partial charge in [-0.2, -0.15) is 22.0 Å². The average molecular weight is 689 g/mol. The zero-order valence-electron chi connectivity index (χ0n) is 23.3.